The Kier molecular flexibility index (Phi) is 1.36. The van der Waals surface area contributed by atoms with Gasteiger partial charge in [-0.1, -0.05) is 19.9 Å². The van der Waals surface area contributed by atoms with E-state index in [9.17, 15) is 4.79 Å². The monoisotopic (exact) mass is 189 g/mol. The van der Waals surface area contributed by atoms with Gasteiger partial charge in [0.1, 0.15) is 0 Å². The minimum Gasteiger partial charge on any atom is -0.326 e. The summed E-state index contributed by atoms with van der Waals surface area (Å²) in [5.41, 5.74) is 3.03. The third-order valence-electron chi connectivity index (χ3n) is 4.33. The molecule has 0 aliphatic heterocycles. The lowest BCUT2D eigenvalue weighted by atomic mass is 9.48. The molecule has 3 aliphatic rings. The predicted molar refractivity (Wildman–Crippen MR) is 55.4 cm³/mol. The van der Waals surface area contributed by atoms with Crippen LogP contribution in [0.25, 0.3) is 0 Å². The van der Waals surface area contributed by atoms with Gasteiger partial charge in [-0.05, 0) is 29.7 Å². The van der Waals surface area contributed by atoms with Gasteiger partial charge in [-0.25, -0.2) is 0 Å². The molecule has 4 rings (SSSR count). The molecule has 1 aromatic rings. The molecular weight excluding hydrogens is 174 g/mol. The average Bonchev–Trinajstić information content (AvgIpc) is 2.16. The normalized spacial score (nSPS) is 31.9. The molecule has 1 N–H and O–H groups in total. The molecule has 1 heterocycles. The first-order valence-electron chi connectivity index (χ1n) is 5.31. The van der Waals surface area contributed by atoms with Gasteiger partial charge in [0.25, 0.3) is 0 Å². The second-order valence-electron chi connectivity index (χ2n) is 5.27. The van der Waals surface area contributed by atoms with Crippen molar-refractivity contribution in [1.82, 2.24) is 4.98 Å². The first kappa shape index (κ1) is 8.27. The van der Waals surface area contributed by atoms with Crippen molar-refractivity contribution in [2.45, 2.75) is 32.6 Å². The first-order valence-corrected chi connectivity index (χ1v) is 5.31. The van der Waals surface area contributed by atoms with Gasteiger partial charge < -0.3 is 4.98 Å². The Hall–Kier alpha value is -1.05. The fraction of sp³-hybridized carbons (Fsp3) is 0.583. The zero-order valence-corrected chi connectivity index (χ0v) is 8.63. The molecule has 1 saturated carbocycles. The van der Waals surface area contributed by atoms with Crippen molar-refractivity contribution in [1.29, 1.82) is 0 Å². The lowest BCUT2D eigenvalue weighted by Gasteiger charge is -2.56. The maximum absolute atomic E-state index is 11.3. The average molecular weight is 189 g/mol. The highest BCUT2D eigenvalue weighted by molar-refractivity contribution is 5.34. The highest BCUT2D eigenvalue weighted by Gasteiger charge is 2.52. The minimum atomic E-state index is 0.0462. The lowest BCUT2D eigenvalue weighted by molar-refractivity contribution is 0.0153. The van der Waals surface area contributed by atoms with Crippen LogP contribution in [-0.4, -0.2) is 4.98 Å². The van der Waals surface area contributed by atoms with Crippen molar-refractivity contribution in [3.8, 4) is 0 Å². The molecule has 0 unspecified atom stereocenters. The van der Waals surface area contributed by atoms with Crippen LogP contribution in [0.4, 0.5) is 0 Å². The summed E-state index contributed by atoms with van der Waals surface area (Å²) in [6, 6.07) is 3.65. The van der Waals surface area contributed by atoms with Crippen LogP contribution in [0.2, 0.25) is 0 Å². The van der Waals surface area contributed by atoms with Crippen molar-refractivity contribution in [2.24, 2.45) is 11.3 Å². The maximum Gasteiger partial charge on any atom is 0.248 e. The molecular formula is C12H15NO. The summed E-state index contributed by atoms with van der Waals surface area (Å²) in [5, 5.41) is 0. The van der Waals surface area contributed by atoms with Crippen molar-refractivity contribution in [3.63, 3.8) is 0 Å². The van der Waals surface area contributed by atoms with E-state index in [1.165, 1.54) is 17.7 Å². The van der Waals surface area contributed by atoms with E-state index >= 15 is 0 Å². The molecule has 3 aliphatic carbocycles. The van der Waals surface area contributed by atoms with E-state index in [4.69, 9.17) is 0 Å². The van der Waals surface area contributed by atoms with Crippen molar-refractivity contribution < 1.29 is 0 Å². The van der Waals surface area contributed by atoms with Crippen LogP contribution in [0.3, 0.4) is 0 Å². The summed E-state index contributed by atoms with van der Waals surface area (Å²) < 4.78 is 0. The van der Waals surface area contributed by atoms with E-state index in [1.54, 1.807) is 6.07 Å². The van der Waals surface area contributed by atoms with Crippen molar-refractivity contribution in [3.05, 3.63) is 33.7 Å². The highest BCUT2D eigenvalue weighted by atomic mass is 16.1. The summed E-state index contributed by atoms with van der Waals surface area (Å²) >= 11 is 0. The second kappa shape index (κ2) is 2.30. The van der Waals surface area contributed by atoms with Crippen LogP contribution in [0.15, 0.2) is 16.9 Å². The number of hydrogen-bond acceptors (Lipinski definition) is 1. The lowest BCUT2D eigenvalue weighted by Crippen LogP contribution is -2.49. The highest BCUT2D eigenvalue weighted by Crippen LogP contribution is 2.61. The van der Waals surface area contributed by atoms with Gasteiger partial charge in [0.05, 0.1) is 0 Å². The SMILES string of the molecule is CC1(C)[C@H]2Cc3ccc(=O)[nH]c3[C@@H]1C2. The van der Waals surface area contributed by atoms with Gasteiger partial charge in [-0.3, -0.25) is 4.79 Å². The third kappa shape index (κ3) is 0.839. The Morgan fingerprint density at radius 2 is 2.21 bits per heavy atom. The molecule has 2 bridgehead atoms. The van der Waals surface area contributed by atoms with Crippen LogP contribution in [0.1, 0.15) is 37.4 Å². The van der Waals surface area contributed by atoms with Crippen LogP contribution in [-0.2, 0) is 6.42 Å². The van der Waals surface area contributed by atoms with Crippen LogP contribution in [0, 0.1) is 11.3 Å². The predicted octanol–water partition coefficient (Wildman–Crippen LogP) is 2.06. The summed E-state index contributed by atoms with van der Waals surface area (Å²) in [6.45, 7) is 4.64. The largest absolute Gasteiger partial charge is 0.326 e. The summed E-state index contributed by atoms with van der Waals surface area (Å²) in [4.78, 5) is 14.3. The number of rotatable bonds is 0. The number of aromatic nitrogens is 1. The van der Waals surface area contributed by atoms with E-state index in [1.807, 2.05) is 6.07 Å². The fourth-order valence-corrected chi connectivity index (χ4v) is 3.13. The van der Waals surface area contributed by atoms with Gasteiger partial charge in [-0.2, -0.15) is 0 Å². The second-order valence-corrected chi connectivity index (χ2v) is 5.27. The molecule has 14 heavy (non-hydrogen) atoms. The van der Waals surface area contributed by atoms with E-state index in [2.05, 4.69) is 18.8 Å². The van der Waals surface area contributed by atoms with E-state index in [-0.39, 0.29) is 5.56 Å². The quantitative estimate of drug-likeness (QED) is 0.665. The number of pyridine rings is 1. The zero-order valence-electron chi connectivity index (χ0n) is 8.63. The van der Waals surface area contributed by atoms with Crippen LogP contribution in [0.5, 0.6) is 0 Å². The van der Waals surface area contributed by atoms with Crippen LogP contribution >= 0.6 is 0 Å². The number of H-pyrrole nitrogens is 1. The van der Waals surface area contributed by atoms with Gasteiger partial charge in [0, 0.05) is 17.7 Å². The topological polar surface area (TPSA) is 32.9 Å². The smallest absolute Gasteiger partial charge is 0.248 e. The molecule has 0 radical (unpaired) electrons. The van der Waals surface area contributed by atoms with E-state index in [0.29, 0.717) is 11.3 Å². The minimum absolute atomic E-state index is 0.0462. The Balaban J connectivity index is 2.17. The molecule has 0 amide bonds. The van der Waals surface area contributed by atoms with Gasteiger partial charge in [0.2, 0.25) is 5.56 Å². The molecule has 0 aromatic carbocycles. The Morgan fingerprint density at radius 1 is 1.43 bits per heavy atom. The first-order chi connectivity index (χ1) is 6.59. The summed E-state index contributed by atoms with van der Waals surface area (Å²) in [7, 11) is 0. The fourth-order valence-electron chi connectivity index (χ4n) is 3.13. The molecule has 2 atom stereocenters. The Labute approximate surface area is 83.4 Å². The molecule has 2 nitrogen and oxygen atoms in total. The van der Waals surface area contributed by atoms with Gasteiger partial charge in [0.15, 0.2) is 0 Å². The number of aromatic amines is 1. The number of hydrogen-bond donors (Lipinski definition) is 1. The maximum atomic E-state index is 11.3. The van der Waals surface area contributed by atoms with Crippen molar-refractivity contribution in [2.75, 3.05) is 0 Å². The molecule has 2 heteroatoms. The molecule has 74 valence electrons. The Morgan fingerprint density at radius 3 is 2.93 bits per heavy atom. The van der Waals surface area contributed by atoms with E-state index in [0.717, 1.165) is 12.3 Å². The standard InChI is InChI=1S/C12H15NO/c1-12(2)8-5-7-3-4-10(14)13-11(7)9(12)6-8/h3-4,8-9H,5-6H2,1-2H3,(H,13,14)/t8-,9-/m0/s1. The summed E-state index contributed by atoms with van der Waals surface area (Å²) in [6.07, 6.45) is 2.41. The molecule has 0 spiro atoms. The third-order valence-corrected chi connectivity index (χ3v) is 4.33. The van der Waals surface area contributed by atoms with Crippen molar-refractivity contribution >= 4 is 0 Å². The van der Waals surface area contributed by atoms with E-state index < -0.39 is 0 Å². The zero-order chi connectivity index (χ0) is 9.92. The Bertz CT molecular complexity index is 444. The summed E-state index contributed by atoms with van der Waals surface area (Å²) in [5.74, 6) is 1.41. The molecule has 0 saturated heterocycles. The van der Waals surface area contributed by atoms with Gasteiger partial charge in [-0.15, -0.1) is 0 Å². The molecule has 1 fully saturated rings. The molecule has 1 aromatic heterocycles. The van der Waals surface area contributed by atoms with Crippen LogP contribution < -0.4 is 5.56 Å². The number of nitrogens with one attached hydrogen (secondary N) is 1. The van der Waals surface area contributed by atoms with Gasteiger partial charge >= 0.3 is 0 Å².